The molecule has 2 N–H and O–H groups in total. The van der Waals surface area contributed by atoms with E-state index in [9.17, 15) is 4.79 Å². The zero-order chi connectivity index (χ0) is 18.7. The molecule has 0 aliphatic carbocycles. The van der Waals surface area contributed by atoms with Gasteiger partial charge in [0.25, 0.3) is 0 Å². The summed E-state index contributed by atoms with van der Waals surface area (Å²) in [6.07, 6.45) is 1.68. The second-order valence-electron chi connectivity index (χ2n) is 6.67. The van der Waals surface area contributed by atoms with Crippen LogP contribution in [0.4, 0.5) is 0 Å². The lowest BCUT2D eigenvalue weighted by atomic mass is 10.00. The normalized spacial score (nSPS) is 12.3. The number of carbonyl (C=O) groups excluding carboxylic acids is 1. The third kappa shape index (κ3) is 3.68. The fourth-order valence-electron chi connectivity index (χ4n) is 3.02. The van der Waals surface area contributed by atoms with Crippen molar-refractivity contribution in [3.8, 4) is 22.5 Å². The van der Waals surface area contributed by atoms with Gasteiger partial charge in [-0.1, -0.05) is 48.5 Å². The molecule has 0 saturated carbocycles. The molecule has 5 nitrogen and oxygen atoms in total. The molecule has 1 aromatic heterocycles. The van der Waals surface area contributed by atoms with Crippen LogP contribution in [0.1, 0.15) is 18.5 Å². The van der Waals surface area contributed by atoms with Crippen LogP contribution in [0.2, 0.25) is 0 Å². The quantitative estimate of drug-likeness (QED) is 0.743. The van der Waals surface area contributed by atoms with Gasteiger partial charge < -0.3 is 15.2 Å². The van der Waals surface area contributed by atoms with Crippen molar-refractivity contribution < 1.29 is 4.79 Å². The van der Waals surface area contributed by atoms with Crippen LogP contribution >= 0.6 is 0 Å². The summed E-state index contributed by atoms with van der Waals surface area (Å²) in [6, 6.07) is 18.6. The number of hydrogen-bond donors (Lipinski definition) is 1. The first kappa shape index (κ1) is 17.9. The third-order valence-corrected chi connectivity index (χ3v) is 4.63. The minimum absolute atomic E-state index is 0.0998. The number of benzene rings is 2. The van der Waals surface area contributed by atoms with Crippen LogP contribution < -0.4 is 5.73 Å². The van der Waals surface area contributed by atoms with Crippen molar-refractivity contribution in [2.24, 2.45) is 5.73 Å². The van der Waals surface area contributed by atoms with Gasteiger partial charge in [-0.05, 0) is 32.6 Å². The van der Waals surface area contributed by atoms with Crippen LogP contribution in [0.5, 0.6) is 0 Å². The molecule has 1 amide bonds. The van der Waals surface area contributed by atoms with Gasteiger partial charge in [-0.25, -0.2) is 4.98 Å². The van der Waals surface area contributed by atoms with Gasteiger partial charge in [-0.3, -0.25) is 4.79 Å². The number of primary amides is 1. The minimum Gasteiger partial charge on any atom is -0.368 e. The molecule has 0 fully saturated rings. The lowest BCUT2D eigenvalue weighted by Crippen LogP contribution is -2.19. The van der Waals surface area contributed by atoms with E-state index in [4.69, 9.17) is 5.73 Å². The Morgan fingerprint density at radius 3 is 2.46 bits per heavy atom. The zero-order valence-electron chi connectivity index (χ0n) is 15.4. The predicted molar refractivity (Wildman–Crippen MR) is 104 cm³/mol. The molecule has 0 aliphatic rings. The van der Waals surface area contributed by atoms with E-state index in [1.165, 1.54) is 5.56 Å². The summed E-state index contributed by atoms with van der Waals surface area (Å²) in [7, 11) is 4.12. The number of nitrogens with zero attached hydrogens (tertiary/aromatic N) is 3. The molecule has 2 aromatic carbocycles. The van der Waals surface area contributed by atoms with Gasteiger partial charge in [0.15, 0.2) is 0 Å². The van der Waals surface area contributed by atoms with Crippen LogP contribution in [0.15, 0.2) is 60.9 Å². The number of amides is 1. The topological polar surface area (TPSA) is 64.2 Å². The van der Waals surface area contributed by atoms with Gasteiger partial charge in [0, 0.05) is 17.2 Å². The summed E-state index contributed by atoms with van der Waals surface area (Å²) in [4.78, 5) is 18.3. The van der Waals surface area contributed by atoms with Crippen LogP contribution in [0, 0.1) is 0 Å². The van der Waals surface area contributed by atoms with Crippen molar-refractivity contribution in [3.05, 3.63) is 66.5 Å². The first-order valence-corrected chi connectivity index (χ1v) is 8.63. The van der Waals surface area contributed by atoms with Crippen molar-refractivity contribution in [1.29, 1.82) is 0 Å². The Morgan fingerprint density at radius 2 is 1.81 bits per heavy atom. The average molecular weight is 348 g/mol. The van der Waals surface area contributed by atoms with Gasteiger partial charge in [-0.15, -0.1) is 0 Å². The summed E-state index contributed by atoms with van der Waals surface area (Å²) in [5.74, 6) is -0.388. The van der Waals surface area contributed by atoms with Crippen LogP contribution in [0.3, 0.4) is 0 Å². The van der Waals surface area contributed by atoms with Crippen molar-refractivity contribution >= 4 is 5.91 Å². The highest BCUT2D eigenvalue weighted by atomic mass is 16.1. The van der Waals surface area contributed by atoms with E-state index < -0.39 is 0 Å². The van der Waals surface area contributed by atoms with Crippen molar-refractivity contribution in [1.82, 2.24) is 14.5 Å². The Morgan fingerprint density at radius 1 is 1.12 bits per heavy atom. The highest BCUT2D eigenvalue weighted by Crippen LogP contribution is 2.33. The molecule has 1 atom stereocenters. The fraction of sp³-hybridized carbons (Fsp3) is 0.238. The van der Waals surface area contributed by atoms with E-state index in [-0.39, 0.29) is 18.5 Å². The monoisotopic (exact) mass is 348 g/mol. The summed E-state index contributed by atoms with van der Waals surface area (Å²) in [6.45, 7) is 2.26. The summed E-state index contributed by atoms with van der Waals surface area (Å²) < 4.78 is 1.82. The second kappa shape index (κ2) is 7.54. The standard InChI is InChI=1S/C21H24N4O/c1-15(24(2)3)17-10-7-11-18(12-17)21-20(16-8-5-4-6-9-16)23-14-25(21)13-19(22)26/h4-12,14-15H,13H2,1-3H3,(H2,22,26). The Hall–Kier alpha value is -2.92. The van der Waals surface area contributed by atoms with Gasteiger partial charge >= 0.3 is 0 Å². The third-order valence-electron chi connectivity index (χ3n) is 4.63. The first-order chi connectivity index (χ1) is 12.5. The summed E-state index contributed by atoms with van der Waals surface area (Å²) in [5.41, 5.74) is 10.4. The SMILES string of the molecule is CC(c1cccc(-c2c(-c3ccccc3)ncn2CC(N)=O)c1)N(C)C. The molecule has 0 bridgehead atoms. The maximum absolute atomic E-state index is 11.5. The summed E-state index contributed by atoms with van der Waals surface area (Å²) in [5, 5.41) is 0. The van der Waals surface area contributed by atoms with Gasteiger partial charge in [0.2, 0.25) is 5.91 Å². The van der Waals surface area contributed by atoms with E-state index in [0.717, 1.165) is 22.5 Å². The average Bonchev–Trinajstić information content (AvgIpc) is 3.04. The van der Waals surface area contributed by atoms with E-state index in [0.29, 0.717) is 0 Å². The first-order valence-electron chi connectivity index (χ1n) is 8.63. The Kier molecular flexibility index (Phi) is 5.19. The molecule has 1 heterocycles. The molecule has 26 heavy (non-hydrogen) atoms. The molecule has 1 unspecified atom stereocenters. The Labute approximate surface area is 154 Å². The summed E-state index contributed by atoms with van der Waals surface area (Å²) >= 11 is 0. The fourth-order valence-corrected chi connectivity index (χ4v) is 3.02. The smallest absolute Gasteiger partial charge is 0.237 e. The van der Waals surface area contributed by atoms with Gasteiger partial charge in [-0.2, -0.15) is 0 Å². The second-order valence-corrected chi connectivity index (χ2v) is 6.67. The number of imidazole rings is 1. The highest BCUT2D eigenvalue weighted by molar-refractivity contribution is 5.81. The van der Waals surface area contributed by atoms with E-state index in [1.807, 2.05) is 47.0 Å². The molecular weight excluding hydrogens is 324 g/mol. The van der Waals surface area contributed by atoms with Crippen molar-refractivity contribution in [2.75, 3.05) is 14.1 Å². The minimum atomic E-state index is -0.388. The lowest BCUT2D eigenvalue weighted by Gasteiger charge is -2.21. The number of carbonyl (C=O) groups is 1. The molecule has 5 heteroatoms. The number of nitrogens with two attached hydrogens (primary N) is 1. The molecule has 0 aliphatic heterocycles. The highest BCUT2D eigenvalue weighted by Gasteiger charge is 2.17. The van der Waals surface area contributed by atoms with Crippen LogP contribution in [0.25, 0.3) is 22.5 Å². The van der Waals surface area contributed by atoms with E-state index in [1.54, 1.807) is 6.33 Å². The van der Waals surface area contributed by atoms with E-state index >= 15 is 0 Å². The lowest BCUT2D eigenvalue weighted by molar-refractivity contribution is -0.118. The number of aromatic nitrogens is 2. The van der Waals surface area contributed by atoms with Crippen molar-refractivity contribution in [3.63, 3.8) is 0 Å². The molecule has 134 valence electrons. The number of hydrogen-bond acceptors (Lipinski definition) is 3. The maximum Gasteiger partial charge on any atom is 0.237 e. The number of rotatable bonds is 6. The van der Waals surface area contributed by atoms with Gasteiger partial charge in [0.1, 0.15) is 6.54 Å². The molecular formula is C21H24N4O. The van der Waals surface area contributed by atoms with Crippen LogP contribution in [-0.2, 0) is 11.3 Å². The largest absolute Gasteiger partial charge is 0.368 e. The zero-order valence-corrected chi connectivity index (χ0v) is 15.4. The molecule has 0 radical (unpaired) electrons. The predicted octanol–water partition coefficient (Wildman–Crippen LogP) is 3.33. The maximum atomic E-state index is 11.5. The van der Waals surface area contributed by atoms with Crippen molar-refractivity contribution in [2.45, 2.75) is 19.5 Å². The van der Waals surface area contributed by atoms with E-state index in [2.05, 4.69) is 43.0 Å². The van der Waals surface area contributed by atoms with Crippen LogP contribution in [-0.4, -0.2) is 34.5 Å². The molecule has 0 saturated heterocycles. The Bertz CT molecular complexity index is 899. The molecule has 0 spiro atoms. The molecule has 3 aromatic rings. The Balaban J connectivity index is 2.15. The molecule has 3 rings (SSSR count). The van der Waals surface area contributed by atoms with Gasteiger partial charge in [0.05, 0.1) is 17.7 Å².